The van der Waals surface area contributed by atoms with Crippen LogP contribution in [0.15, 0.2) is 40.9 Å². The average molecular weight is 166 g/mol. The molecule has 0 N–H and O–H groups in total. The molecule has 0 unspecified atom stereocenters. The fourth-order valence-electron chi connectivity index (χ4n) is 0.698. The summed E-state index contributed by atoms with van der Waals surface area (Å²) in [6, 6.07) is 3.73. The van der Waals surface area contributed by atoms with Crippen LogP contribution < -0.4 is 0 Å². The summed E-state index contributed by atoms with van der Waals surface area (Å²) < 4.78 is 5.13. The van der Waals surface area contributed by atoms with Crippen molar-refractivity contribution in [3.05, 3.63) is 42.2 Å². The molecule has 58 valence electrons. The van der Waals surface area contributed by atoms with Crippen LogP contribution in [0.3, 0.4) is 0 Å². The number of hydrogen-bond acceptors (Lipinski definition) is 2. The summed E-state index contributed by atoms with van der Waals surface area (Å²) in [5.41, 5.74) is 0. The van der Waals surface area contributed by atoms with Crippen molar-refractivity contribution in [1.29, 1.82) is 0 Å². The molecule has 0 spiro atoms. The first-order chi connectivity index (χ1) is 5.20. The van der Waals surface area contributed by atoms with Gasteiger partial charge in [-0.05, 0) is 24.0 Å². The fourth-order valence-corrected chi connectivity index (χ4v) is 1.34. The van der Waals surface area contributed by atoms with E-state index < -0.39 is 0 Å². The second-order valence-electron chi connectivity index (χ2n) is 2.20. The zero-order valence-electron chi connectivity index (χ0n) is 6.46. The van der Waals surface area contributed by atoms with E-state index in [-0.39, 0.29) is 0 Å². The summed E-state index contributed by atoms with van der Waals surface area (Å²) in [5.74, 6) is 0.818. The highest BCUT2D eigenvalue weighted by atomic mass is 32.2. The predicted octanol–water partition coefficient (Wildman–Crippen LogP) is 3.52. The highest BCUT2D eigenvalue weighted by Gasteiger charge is 2.01. The first-order valence-electron chi connectivity index (χ1n) is 3.26. The maximum Gasteiger partial charge on any atom is 0.139 e. The average Bonchev–Trinajstić information content (AvgIpc) is 2.35. The van der Waals surface area contributed by atoms with Crippen molar-refractivity contribution in [3.8, 4) is 0 Å². The molecule has 2 heteroatoms. The molecule has 0 saturated heterocycles. The second kappa shape index (κ2) is 3.49. The molecule has 0 radical (unpaired) electrons. The zero-order chi connectivity index (χ0) is 8.27. The highest BCUT2D eigenvalue weighted by Crippen LogP contribution is 2.30. The lowest BCUT2D eigenvalue weighted by molar-refractivity contribution is 0.556. The Hall–Kier alpha value is -0.890. The Morgan fingerprint density at radius 2 is 2.27 bits per heavy atom. The molecule has 0 aliphatic rings. The van der Waals surface area contributed by atoms with Gasteiger partial charge in [0.1, 0.15) is 5.76 Å². The van der Waals surface area contributed by atoms with E-state index in [0.29, 0.717) is 0 Å². The van der Waals surface area contributed by atoms with Gasteiger partial charge in [0.05, 0.1) is 6.26 Å². The van der Waals surface area contributed by atoms with Crippen molar-refractivity contribution in [2.45, 2.75) is 6.92 Å². The SMILES string of the molecule is C=C(C)SC(=C)c1ccco1. The monoisotopic (exact) mass is 166 g/mol. The van der Waals surface area contributed by atoms with Crippen molar-refractivity contribution in [3.63, 3.8) is 0 Å². The minimum atomic E-state index is 0.818. The molecule has 0 aliphatic carbocycles. The number of furan rings is 1. The van der Waals surface area contributed by atoms with E-state index in [1.165, 1.54) is 11.8 Å². The molecule has 0 atom stereocenters. The Morgan fingerprint density at radius 3 is 2.73 bits per heavy atom. The largest absolute Gasteiger partial charge is 0.464 e. The van der Waals surface area contributed by atoms with Gasteiger partial charge >= 0.3 is 0 Å². The van der Waals surface area contributed by atoms with Crippen LogP contribution >= 0.6 is 11.8 Å². The van der Waals surface area contributed by atoms with Gasteiger partial charge in [-0.3, -0.25) is 0 Å². The molecule has 0 bridgehead atoms. The third kappa shape index (κ3) is 2.31. The molecule has 1 rings (SSSR count). The molecular formula is C9H10OS. The Bertz CT molecular complexity index is 259. The quantitative estimate of drug-likeness (QED) is 0.681. The Morgan fingerprint density at radius 1 is 1.55 bits per heavy atom. The smallest absolute Gasteiger partial charge is 0.139 e. The first kappa shape index (κ1) is 8.21. The third-order valence-corrected chi connectivity index (χ3v) is 1.89. The summed E-state index contributed by atoms with van der Waals surface area (Å²) in [5, 5.41) is 0. The van der Waals surface area contributed by atoms with Crippen LogP contribution in [0.5, 0.6) is 0 Å². The van der Waals surface area contributed by atoms with Gasteiger partial charge in [0.15, 0.2) is 0 Å². The lowest BCUT2D eigenvalue weighted by Gasteiger charge is -1.98. The minimum Gasteiger partial charge on any atom is -0.464 e. The van der Waals surface area contributed by atoms with Gasteiger partial charge in [-0.15, -0.1) is 0 Å². The van der Waals surface area contributed by atoms with Crippen molar-refractivity contribution in [1.82, 2.24) is 0 Å². The summed E-state index contributed by atoms with van der Waals surface area (Å²) in [6.07, 6.45) is 1.64. The molecule has 0 aliphatic heterocycles. The number of hydrogen-bond donors (Lipinski definition) is 0. The van der Waals surface area contributed by atoms with Crippen molar-refractivity contribution < 1.29 is 4.42 Å². The Balaban J connectivity index is 2.64. The lowest BCUT2D eigenvalue weighted by Crippen LogP contribution is -1.70. The van der Waals surface area contributed by atoms with Crippen LogP contribution in [0.25, 0.3) is 4.91 Å². The van der Waals surface area contributed by atoms with Crippen LogP contribution in [0, 0.1) is 0 Å². The molecule has 1 aromatic heterocycles. The van der Waals surface area contributed by atoms with Crippen molar-refractivity contribution >= 4 is 16.7 Å². The topological polar surface area (TPSA) is 13.1 Å². The summed E-state index contributed by atoms with van der Waals surface area (Å²) >= 11 is 1.53. The summed E-state index contributed by atoms with van der Waals surface area (Å²) in [4.78, 5) is 1.92. The molecular weight excluding hydrogens is 156 g/mol. The maximum absolute atomic E-state index is 5.13. The van der Waals surface area contributed by atoms with E-state index in [9.17, 15) is 0 Å². The molecule has 0 saturated carbocycles. The zero-order valence-corrected chi connectivity index (χ0v) is 7.28. The van der Waals surface area contributed by atoms with Gasteiger partial charge in [-0.1, -0.05) is 24.9 Å². The Kier molecular flexibility index (Phi) is 2.60. The standard InChI is InChI=1S/C9H10OS/c1-7(2)11-8(3)9-5-4-6-10-9/h4-6H,1,3H2,2H3. The molecule has 0 aromatic carbocycles. The van der Waals surface area contributed by atoms with E-state index in [2.05, 4.69) is 13.2 Å². The van der Waals surface area contributed by atoms with Gasteiger partial charge in [-0.2, -0.15) is 0 Å². The molecule has 11 heavy (non-hydrogen) atoms. The number of allylic oxidation sites excluding steroid dienone is 1. The normalized spacial score (nSPS) is 9.55. The molecule has 0 amide bonds. The fraction of sp³-hybridized carbons (Fsp3) is 0.111. The lowest BCUT2D eigenvalue weighted by atomic mass is 10.4. The molecule has 1 aromatic rings. The van der Waals surface area contributed by atoms with Gasteiger partial charge in [0.2, 0.25) is 0 Å². The molecule has 0 fully saturated rings. The first-order valence-corrected chi connectivity index (χ1v) is 4.08. The predicted molar refractivity (Wildman–Crippen MR) is 50.1 cm³/mol. The van der Waals surface area contributed by atoms with Crippen molar-refractivity contribution in [2.24, 2.45) is 0 Å². The van der Waals surface area contributed by atoms with Crippen LogP contribution in [0.1, 0.15) is 12.7 Å². The van der Waals surface area contributed by atoms with E-state index >= 15 is 0 Å². The van der Waals surface area contributed by atoms with Gasteiger partial charge < -0.3 is 4.42 Å². The van der Waals surface area contributed by atoms with Gasteiger partial charge in [-0.25, -0.2) is 0 Å². The number of rotatable bonds is 3. The minimum absolute atomic E-state index is 0.818. The van der Waals surface area contributed by atoms with Gasteiger partial charge in [0.25, 0.3) is 0 Å². The van der Waals surface area contributed by atoms with Crippen LogP contribution in [-0.4, -0.2) is 0 Å². The van der Waals surface area contributed by atoms with Crippen molar-refractivity contribution in [2.75, 3.05) is 0 Å². The van der Waals surface area contributed by atoms with E-state index in [1.807, 2.05) is 19.1 Å². The third-order valence-electron chi connectivity index (χ3n) is 1.09. The molecule has 1 heterocycles. The van der Waals surface area contributed by atoms with Crippen LogP contribution in [-0.2, 0) is 0 Å². The van der Waals surface area contributed by atoms with Crippen LogP contribution in [0.4, 0.5) is 0 Å². The number of thioether (sulfide) groups is 1. The van der Waals surface area contributed by atoms with E-state index in [1.54, 1.807) is 6.26 Å². The van der Waals surface area contributed by atoms with Crippen LogP contribution in [0.2, 0.25) is 0 Å². The molecule has 1 nitrogen and oxygen atoms in total. The van der Waals surface area contributed by atoms with Gasteiger partial charge in [0, 0.05) is 4.91 Å². The summed E-state index contributed by atoms with van der Waals surface area (Å²) in [6.45, 7) is 9.55. The Labute approximate surface area is 70.8 Å². The highest BCUT2D eigenvalue weighted by molar-refractivity contribution is 8.11. The second-order valence-corrected chi connectivity index (χ2v) is 3.60. The summed E-state index contributed by atoms with van der Waals surface area (Å²) in [7, 11) is 0. The maximum atomic E-state index is 5.13. The van der Waals surface area contributed by atoms with E-state index in [0.717, 1.165) is 15.6 Å². The van der Waals surface area contributed by atoms with E-state index in [4.69, 9.17) is 4.42 Å².